The summed E-state index contributed by atoms with van der Waals surface area (Å²) in [5.74, 6) is -0.166. The molecule has 1 aliphatic rings. The zero-order chi connectivity index (χ0) is 18.1. The second kappa shape index (κ2) is 9.49. The molecule has 1 aliphatic heterocycles. The lowest BCUT2D eigenvalue weighted by atomic mass is 10.0. The molecule has 0 aromatic heterocycles. The van der Waals surface area contributed by atoms with Gasteiger partial charge < -0.3 is 14.4 Å². The van der Waals surface area contributed by atoms with E-state index in [-0.39, 0.29) is 19.0 Å². The van der Waals surface area contributed by atoms with E-state index in [1.54, 1.807) is 7.11 Å². The molecule has 0 radical (unpaired) electrons. The minimum Gasteiger partial charge on any atom is -0.385 e. The number of anilines is 1. The molecule has 5 heteroatoms. The lowest BCUT2D eigenvalue weighted by Crippen LogP contribution is -2.34. The van der Waals surface area contributed by atoms with E-state index >= 15 is 0 Å². The molecule has 3 rings (SSSR count). The van der Waals surface area contributed by atoms with Gasteiger partial charge in [-0.05, 0) is 13.0 Å². The fraction of sp³-hybridized carbons (Fsp3) is 0.250. The fourth-order valence-electron chi connectivity index (χ4n) is 2.48. The Morgan fingerprint density at radius 3 is 2.40 bits per heavy atom. The van der Waals surface area contributed by atoms with Gasteiger partial charge in [-0.3, -0.25) is 9.79 Å². The highest BCUT2D eigenvalue weighted by atomic mass is 16.5. The van der Waals surface area contributed by atoms with Crippen LogP contribution in [-0.2, 0) is 14.3 Å². The highest BCUT2D eigenvalue weighted by molar-refractivity contribution is 6.19. The number of amides is 1. The van der Waals surface area contributed by atoms with Crippen molar-refractivity contribution in [2.24, 2.45) is 4.99 Å². The summed E-state index contributed by atoms with van der Waals surface area (Å²) >= 11 is 0. The van der Waals surface area contributed by atoms with E-state index in [1.165, 1.54) is 4.90 Å². The van der Waals surface area contributed by atoms with Crippen LogP contribution in [-0.4, -0.2) is 44.7 Å². The summed E-state index contributed by atoms with van der Waals surface area (Å²) in [7, 11) is 1.68. The summed E-state index contributed by atoms with van der Waals surface area (Å²) in [6, 6.07) is 17.3. The van der Waals surface area contributed by atoms with Crippen molar-refractivity contribution in [1.82, 2.24) is 0 Å². The van der Waals surface area contributed by atoms with Crippen molar-refractivity contribution in [1.29, 1.82) is 0 Å². The van der Waals surface area contributed by atoms with Crippen LogP contribution in [0.25, 0.3) is 0 Å². The van der Waals surface area contributed by atoms with Gasteiger partial charge in [-0.2, -0.15) is 0 Å². The highest BCUT2D eigenvalue weighted by Crippen LogP contribution is 2.26. The number of hydrogen-bond acceptors (Lipinski definition) is 4. The van der Waals surface area contributed by atoms with Crippen LogP contribution in [0.3, 0.4) is 0 Å². The normalized spacial score (nSPS) is 13.1. The molecule has 2 aromatic carbocycles. The number of benzene rings is 2. The van der Waals surface area contributed by atoms with E-state index in [0.29, 0.717) is 0 Å². The molecule has 130 valence electrons. The van der Waals surface area contributed by atoms with Crippen LogP contribution in [0.5, 0.6) is 0 Å². The first-order chi connectivity index (χ1) is 12.2. The summed E-state index contributed by atoms with van der Waals surface area (Å²) < 4.78 is 4.54. The Bertz CT molecular complexity index is 740. The molecule has 0 saturated heterocycles. The minimum absolute atomic E-state index is 0.0484. The number of carbonyl (C=O) groups excluding carboxylic acids is 2. The predicted molar refractivity (Wildman–Crippen MR) is 99.4 cm³/mol. The lowest BCUT2D eigenvalue weighted by molar-refractivity contribution is -0.118. The standard InChI is InChI=1S/C17H14N2O2.C3H8O/c20-11-10-19-15-9-5-4-8-14(15)17(18-12-16(19)21)13-6-2-1-3-7-13;1-3-4-2/h1-9,11H,10,12H2;3H2,1-2H3. The number of rotatable bonds is 4. The topological polar surface area (TPSA) is 59.0 Å². The number of benzodiazepines with no additional fused rings is 1. The molecular formula is C20H22N2O3. The highest BCUT2D eigenvalue weighted by Gasteiger charge is 2.24. The Labute approximate surface area is 147 Å². The van der Waals surface area contributed by atoms with Crippen molar-refractivity contribution in [2.75, 3.05) is 31.7 Å². The number of para-hydroxylation sites is 1. The molecule has 25 heavy (non-hydrogen) atoms. The van der Waals surface area contributed by atoms with Crippen molar-refractivity contribution in [3.05, 3.63) is 65.7 Å². The Kier molecular flexibility index (Phi) is 7.04. The Morgan fingerprint density at radius 2 is 1.76 bits per heavy atom. The number of carbonyl (C=O) groups is 2. The number of aliphatic imine (C=N–C) groups is 1. The molecule has 0 saturated carbocycles. The largest absolute Gasteiger partial charge is 0.385 e. The van der Waals surface area contributed by atoms with Crippen molar-refractivity contribution in [3.8, 4) is 0 Å². The summed E-state index contributed by atoms with van der Waals surface area (Å²) in [4.78, 5) is 29.0. The van der Waals surface area contributed by atoms with Gasteiger partial charge in [-0.1, -0.05) is 48.5 Å². The van der Waals surface area contributed by atoms with Gasteiger partial charge in [0.1, 0.15) is 12.8 Å². The molecule has 5 nitrogen and oxygen atoms in total. The van der Waals surface area contributed by atoms with Crippen LogP contribution in [0, 0.1) is 0 Å². The van der Waals surface area contributed by atoms with Gasteiger partial charge in [-0.15, -0.1) is 0 Å². The Hall–Kier alpha value is -2.79. The fourth-order valence-corrected chi connectivity index (χ4v) is 2.48. The minimum atomic E-state index is -0.166. The van der Waals surface area contributed by atoms with E-state index in [9.17, 15) is 9.59 Å². The maximum absolute atomic E-state index is 12.2. The molecular weight excluding hydrogens is 316 g/mol. The number of ether oxygens (including phenoxy) is 1. The first kappa shape index (κ1) is 18.5. The van der Waals surface area contributed by atoms with Crippen molar-refractivity contribution < 1.29 is 14.3 Å². The van der Waals surface area contributed by atoms with Crippen LogP contribution < -0.4 is 4.90 Å². The number of hydrogen-bond donors (Lipinski definition) is 0. The van der Waals surface area contributed by atoms with Gasteiger partial charge in [0.2, 0.25) is 5.91 Å². The van der Waals surface area contributed by atoms with E-state index in [4.69, 9.17) is 0 Å². The molecule has 0 fully saturated rings. The number of aldehydes is 1. The van der Waals surface area contributed by atoms with Crippen LogP contribution in [0.2, 0.25) is 0 Å². The molecule has 0 spiro atoms. The molecule has 0 bridgehead atoms. The van der Waals surface area contributed by atoms with Gasteiger partial charge in [-0.25, -0.2) is 0 Å². The van der Waals surface area contributed by atoms with Crippen LogP contribution in [0.15, 0.2) is 59.6 Å². The molecule has 0 N–H and O–H groups in total. The average molecular weight is 338 g/mol. The average Bonchev–Trinajstić information content (AvgIpc) is 2.80. The maximum atomic E-state index is 12.2. The first-order valence-corrected chi connectivity index (χ1v) is 8.15. The lowest BCUT2D eigenvalue weighted by Gasteiger charge is -2.20. The van der Waals surface area contributed by atoms with Gasteiger partial charge in [0, 0.05) is 24.8 Å². The van der Waals surface area contributed by atoms with Gasteiger partial charge >= 0.3 is 0 Å². The Morgan fingerprint density at radius 1 is 1.12 bits per heavy atom. The van der Waals surface area contributed by atoms with E-state index in [0.717, 1.165) is 35.4 Å². The molecule has 0 atom stereocenters. The molecule has 0 aliphatic carbocycles. The summed E-state index contributed by atoms with van der Waals surface area (Å²) in [6.45, 7) is 2.88. The van der Waals surface area contributed by atoms with Gasteiger partial charge in [0.05, 0.1) is 17.9 Å². The maximum Gasteiger partial charge on any atom is 0.249 e. The molecule has 2 aromatic rings. The number of methoxy groups -OCH3 is 1. The molecule has 0 unspecified atom stereocenters. The van der Waals surface area contributed by atoms with E-state index in [1.807, 2.05) is 61.5 Å². The smallest absolute Gasteiger partial charge is 0.249 e. The monoisotopic (exact) mass is 338 g/mol. The second-order valence-electron chi connectivity index (χ2n) is 5.30. The third-order valence-electron chi connectivity index (χ3n) is 3.72. The second-order valence-corrected chi connectivity index (χ2v) is 5.30. The van der Waals surface area contributed by atoms with Crippen LogP contribution in [0.4, 0.5) is 5.69 Å². The van der Waals surface area contributed by atoms with Crippen molar-refractivity contribution in [2.45, 2.75) is 6.92 Å². The first-order valence-electron chi connectivity index (χ1n) is 8.15. The van der Waals surface area contributed by atoms with Crippen LogP contribution >= 0.6 is 0 Å². The Balaban J connectivity index is 0.000000511. The summed E-state index contributed by atoms with van der Waals surface area (Å²) in [5, 5.41) is 0. The summed E-state index contributed by atoms with van der Waals surface area (Å²) in [5.41, 5.74) is 3.35. The van der Waals surface area contributed by atoms with E-state index in [2.05, 4.69) is 9.73 Å². The van der Waals surface area contributed by atoms with Gasteiger partial charge in [0.25, 0.3) is 0 Å². The zero-order valence-corrected chi connectivity index (χ0v) is 14.5. The SMILES string of the molecule is CCOC.O=CCN1C(=O)CN=C(c2ccccc2)c2ccccc21. The molecule has 1 amide bonds. The van der Waals surface area contributed by atoms with E-state index < -0.39 is 0 Å². The van der Waals surface area contributed by atoms with Crippen molar-refractivity contribution >= 4 is 23.6 Å². The number of nitrogens with zero attached hydrogens (tertiary/aromatic N) is 2. The third kappa shape index (κ3) is 4.61. The van der Waals surface area contributed by atoms with Crippen molar-refractivity contribution in [3.63, 3.8) is 0 Å². The quantitative estimate of drug-likeness (QED) is 0.806. The summed E-state index contributed by atoms with van der Waals surface area (Å²) in [6.07, 6.45) is 0.738. The molecule has 1 heterocycles. The third-order valence-corrected chi connectivity index (χ3v) is 3.72. The van der Waals surface area contributed by atoms with Gasteiger partial charge in [0.15, 0.2) is 0 Å². The zero-order valence-electron chi connectivity index (χ0n) is 14.5. The predicted octanol–water partition coefficient (Wildman–Crippen LogP) is 2.72. The number of fused-ring (bicyclic) bond motifs is 1. The van der Waals surface area contributed by atoms with Crippen LogP contribution in [0.1, 0.15) is 18.1 Å².